The third-order valence-corrected chi connectivity index (χ3v) is 2.65. The maximum atomic E-state index is 10.9. The minimum absolute atomic E-state index is 0.293. The van der Waals surface area contributed by atoms with Gasteiger partial charge in [0.05, 0.1) is 7.11 Å². The van der Waals surface area contributed by atoms with Crippen LogP contribution in [0.25, 0.3) is 0 Å². The second kappa shape index (κ2) is 6.99. The highest BCUT2D eigenvalue weighted by Crippen LogP contribution is 2.25. The Hall–Kier alpha value is -1.75. The minimum atomic E-state index is -0.323. The van der Waals surface area contributed by atoms with Crippen molar-refractivity contribution in [3.8, 4) is 11.5 Å². The molecule has 3 N–H and O–H groups in total. The van der Waals surface area contributed by atoms with E-state index in [1.54, 1.807) is 7.11 Å². The number of ether oxygens (including phenoxy) is 2. The number of carbonyl (C=O) groups is 1. The predicted octanol–water partition coefficient (Wildman–Crippen LogP) is 1.32. The van der Waals surface area contributed by atoms with Crippen molar-refractivity contribution in [1.82, 2.24) is 5.32 Å². The first-order valence-corrected chi connectivity index (χ1v) is 6.24. The number of benzene rings is 1. The quantitative estimate of drug-likeness (QED) is 0.696. The Morgan fingerprint density at radius 3 is 2.53 bits per heavy atom. The largest absolute Gasteiger partial charge is 0.493 e. The van der Waals surface area contributed by atoms with E-state index >= 15 is 0 Å². The van der Waals surface area contributed by atoms with Crippen LogP contribution in [0, 0.1) is 0 Å². The minimum Gasteiger partial charge on any atom is -0.493 e. The Morgan fingerprint density at radius 1 is 1.32 bits per heavy atom. The van der Waals surface area contributed by atoms with Crippen LogP contribution in [0.15, 0.2) is 24.3 Å². The summed E-state index contributed by atoms with van der Waals surface area (Å²) in [5, 5.41) is 3.23. The molecule has 5 nitrogen and oxygen atoms in total. The molecule has 1 aromatic rings. The summed E-state index contributed by atoms with van der Waals surface area (Å²) in [6.07, 6.45) is 0.293. The maximum absolute atomic E-state index is 10.9. The molecule has 1 rings (SSSR count). The number of para-hydroxylation sites is 2. The van der Waals surface area contributed by atoms with Gasteiger partial charge in [-0.1, -0.05) is 12.1 Å². The van der Waals surface area contributed by atoms with Crippen molar-refractivity contribution in [3.05, 3.63) is 24.3 Å². The smallest absolute Gasteiger partial charge is 0.219 e. The van der Waals surface area contributed by atoms with E-state index in [0.717, 1.165) is 0 Å². The Labute approximate surface area is 114 Å². The summed E-state index contributed by atoms with van der Waals surface area (Å²) >= 11 is 0. The monoisotopic (exact) mass is 266 g/mol. The van der Waals surface area contributed by atoms with Crippen molar-refractivity contribution in [2.24, 2.45) is 5.73 Å². The zero-order valence-electron chi connectivity index (χ0n) is 11.7. The average Bonchev–Trinajstić information content (AvgIpc) is 2.33. The molecule has 1 aromatic carbocycles. The van der Waals surface area contributed by atoms with E-state index in [1.165, 1.54) is 0 Å². The van der Waals surface area contributed by atoms with Crippen LogP contribution >= 0.6 is 0 Å². The molecule has 0 spiro atoms. The van der Waals surface area contributed by atoms with E-state index in [0.29, 0.717) is 31.1 Å². The molecule has 0 heterocycles. The second-order valence-electron chi connectivity index (χ2n) is 4.95. The highest BCUT2D eigenvalue weighted by molar-refractivity contribution is 5.74. The summed E-state index contributed by atoms with van der Waals surface area (Å²) in [5.74, 6) is 1.10. The standard InChI is InChI=1S/C14H22N2O3/c1-14(2,10-13(15)17)16-8-9-19-12-7-5-4-6-11(12)18-3/h4-7,16H,8-10H2,1-3H3,(H2,15,17). The lowest BCUT2D eigenvalue weighted by atomic mass is 10.0. The van der Waals surface area contributed by atoms with Crippen LogP contribution in [0.2, 0.25) is 0 Å². The fraction of sp³-hybridized carbons (Fsp3) is 0.500. The average molecular weight is 266 g/mol. The number of nitrogens with two attached hydrogens (primary N) is 1. The topological polar surface area (TPSA) is 73.6 Å². The first kappa shape index (κ1) is 15.3. The molecule has 5 heteroatoms. The van der Waals surface area contributed by atoms with Gasteiger partial charge in [0.15, 0.2) is 11.5 Å². The van der Waals surface area contributed by atoms with Gasteiger partial charge in [0.2, 0.25) is 5.91 Å². The molecule has 0 saturated carbocycles. The summed E-state index contributed by atoms with van der Waals surface area (Å²) in [7, 11) is 1.61. The Balaban J connectivity index is 2.36. The van der Waals surface area contributed by atoms with Gasteiger partial charge in [-0.25, -0.2) is 0 Å². The molecule has 19 heavy (non-hydrogen) atoms. The molecular weight excluding hydrogens is 244 g/mol. The molecule has 0 unspecified atom stereocenters. The molecule has 0 radical (unpaired) electrons. The van der Waals surface area contributed by atoms with Crippen LogP contribution in [-0.2, 0) is 4.79 Å². The molecule has 0 aliphatic carbocycles. The Kier molecular flexibility index (Phi) is 5.63. The van der Waals surface area contributed by atoms with E-state index < -0.39 is 0 Å². The van der Waals surface area contributed by atoms with Crippen LogP contribution in [0.4, 0.5) is 0 Å². The first-order chi connectivity index (χ1) is 8.94. The lowest BCUT2D eigenvalue weighted by Crippen LogP contribution is -2.44. The zero-order chi connectivity index (χ0) is 14.3. The van der Waals surface area contributed by atoms with Gasteiger partial charge in [0, 0.05) is 18.5 Å². The Bertz CT molecular complexity index is 419. The maximum Gasteiger partial charge on any atom is 0.219 e. The van der Waals surface area contributed by atoms with Crippen LogP contribution in [-0.4, -0.2) is 31.7 Å². The number of hydrogen-bond acceptors (Lipinski definition) is 4. The highest BCUT2D eigenvalue weighted by atomic mass is 16.5. The fourth-order valence-electron chi connectivity index (χ4n) is 1.79. The Morgan fingerprint density at radius 2 is 1.95 bits per heavy atom. The van der Waals surface area contributed by atoms with Gasteiger partial charge in [0.25, 0.3) is 0 Å². The number of carbonyl (C=O) groups excluding carboxylic acids is 1. The van der Waals surface area contributed by atoms with Crippen molar-refractivity contribution < 1.29 is 14.3 Å². The van der Waals surface area contributed by atoms with E-state index in [9.17, 15) is 4.79 Å². The third kappa shape index (κ3) is 5.61. The number of rotatable bonds is 8. The van der Waals surface area contributed by atoms with Crippen molar-refractivity contribution in [3.63, 3.8) is 0 Å². The molecule has 0 aliphatic heterocycles. The number of amides is 1. The van der Waals surface area contributed by atoms with E-state index in [2.05, 4.69) is 5.32 Å². The fourth-order valence-corrected chi connectivity index (χ4v) is 1.79. The first-order valence-electron chi connectivity index (χ1n) is 6.24. The summed E-state index contributed by atoms with van der Waals surface area (Å²) in [4.78, 5) is 10.9. The molecule has 0 fully saturated rings. The molecular formula is C14H22N2O3. The van der Waals surface area contributed by atoms with Gasteiger partial charge in [-0.3, -0.25) is 4.79 Å². The molecule has 0 bridgehead atoms. The predicted molar refractivity (Wildman–Crippen MR) is 74.4 cm³/mol. The zero-order valence-corrected chi connectivity index (χ0v) is 11.7. The van der Waals surface area contributed by atoms with Crippen LogP contribution < -0.4 is 20.5 Å². The summed E-state index contributed by atoms with van der Waals surface area (Å²) in [6, 6.07) is 7.48. The second-order valence-corrected chi connectivity index (χ2v) is 4.95. The number of hydrogen-bond donors (Lipinski definition) is 2. The van der Waals surface area contributed by atoms with Gasteiger partial charge < -0.3 is 20.5 Å². The lowest BCUT2D eigenvalue weighted by Gasteiger charge is -2.24. The number of methoxy groups -OCH3 is 1. The van der Waals surface area contributed by atoms with Crippen molar-refractivity contribution >= 4 is 5.91 Å². The summed E-state index contributed by atoms with van der Waals surface area (Å²) in [5.41, 5.74) is 4.86. The highest BCUT2D eigenvalue weighted by Gasteiger charge is 2.19. The van der Waals surface area contributed by atoms with Gasteiger partial charge in [-0.05, 0) is 26.0 Å². The number of nitrogens with one attached hydrogen (secondary N) is 1. The molecule has 1 amide bonds. The normalized spacial score (nSPS) is 11.1. The van der Waals surface area contributed by atoms with Gasteiger partial charge >= 0.3 is 0 Å². The van der Waals surface area contributed by atoms with Crippen molar-refractivity contribution in [2.75, 3.05) is 20.3 Å². The third-order valence-electron chi connectivity index (χ3n) is 2.65. The van der Waals surface area contributed by atoms with E-state index in [4.69, 9.17) is 15.2 Å². The SMILES string of the molecule is COc1ccccc1OCCNC(C)(C)CC(N)=O. The molecule has 106 valence electrons. The summed E-state index contributed by atoms with van der Waals surface area (Å²) < 4.78 is 10.8. The van der Waals surface area contributed by atoms with E-state index in [-0.39, 0.29) is 11.4 Å². The molecule has 0 aliphatic rings. The van der Waals surface area contributed by atoms with Gasteiger partial charge in [0.1, 0.15) is 6.61 Å². The van der Waals surface area contributed by atoms with Crippen LogP contribution in [0.3, 0.4) is 0 Å². The van der Waals surface area contributed by atoms with Crippen molar-refractivity contribution in [1.29, 1.82) is 0 Å². The van der Waals surface area contributed by atoms with E-state index in [1.807, 2.05) is 38.1 Å². The van der Waals surface area contributed by atoms with Gasteiger partial charge in [-0.2, -0.15) is 0 Å². The van der Waals surface area contributed by atoms with Crippen molar-refractivity contribution in [2.45, 2.75) is 25.8 Å². The summed E-state index contributed by atoms with van der Waals surface area (Å²) in [6.45, 7) is 4.97. The lowest BCUT2D eigenvalue weighted by molar-refractivity contribution is -0.119. The number of primary amides is 1. The van der Waals surface area contributed by atoms with Crippen LogP contribution in [0.5, 0.6) is 11.5 Å². The van der Waals surface area contributed by atoms with Crippen LogP contribution in [0.1, 0.15) is 20.3 Å². The molecule has 0 atom stereocenters. The molecule has 0 aromatic heterocycles. The van der Waals surface area contributed by atoms with Gasteiger partial charge in [-0.15, -0.1) is 0 Å². The molecule has 0 saturated heterocycles.